The average molecular weight is 316 g/mol. The Kier molecular flexibility index (Phi) is 6.24. The molecule has 6 nitrogen and oxygen atoms in total. The van der Waals surface area contributed by atoms with Crippen molar-refractivity contribution in [2.75, 3.05) is 18.4 Å². The number of nitrogens with zero attached hydrogens (tertiary/aromatic N) is 1. The Hall–Kier alpha value is -2.71. The van der Waals surface area contributed by atoms with E-state index in [-0.39, 0.29) is 24.7 Å². The molecule has 9 heteroatoms. The van der Waals surface area contributed by atoms with Gasteiger partial charge in [-0.2, -0.15) is 0 Å². The van der Waals surface area contributed by atoms with Gasteiger partial charge in [0.1, 0.15) is 6.54 Å². The molecule has 1 aromatic carbocycles. The van der Waals surface area contributed by atoms with Crippen LogP contribution in [0.5, 0.6) is 5.75 Å². The van der Waals surface area contributed by atoms with Crippen molar-refractivity contribution in [3.8, 4) is 5.75 Å². The second kappa shape index (κ2) is 7.91. The van der Waals surface area contributed by atoms with Crippen molar-refractivity contribution in [1.82, 2.24) is 5.32 Å². The fraction of sp³-hybridized carbons (Fsp3) is 0.231. The highest BCUT2D eigenvalue weighted by Crippen LogP contribution is 2.29. The zero-order chi connectivity index (χ0) is 16.6. The summed E-state index contributed by atoms with van der Waals surface area (Å²) in [6, 6.07) is 5.33. The normalized spacial score (nSPS) is 11.7. The lowest BCUT2D eigenvalue weighted by atomic mass is 10.3. The van der Waals surface area contributed by atoms with Gasteiger partial charge in [-0.1, -0.05) is 18.2 Å². The Morgan fingerprint density at radius 2 is 2.09 bits per heavy atom. The van der Waals surface area contributed by atoms with E-state index in [4.69, 9.17) is 5.73 Å². The Labute approximate surface area is 124 Å². The summed E-state index contributed by atoms with van der Waals surface area (Å²) in [5.41, 5.74) is 5.50. The van der Waals surface area contributed by atoms with Crippen molar-refractivity contribution in [2.45, 2.75) is 6.36 Å². The standard InChI is InChI=1S/C13H15F3N4O2/c1-2-7-18-11(21)8-19-12(17)20-9-5-3-4-6-10(9)22-13(14,15)16/h2-6H,1,7-8H2,(H,18,21)(H3,17,19,20). The molecule has 0 aliphatic carbocycles. The smallest absolute Gasteiger partial charge is 0.404 e. The summed E-state index contributed by atoms with van der Waals surface area (Å²) in [7, 11) is 0. The number of benzene rings is 1. The molecule has 0 unspecified atom stereocenters. The van der Waals surface area contributed by atoms with Gasteiger partial charge >= 0.3 is 6.36 Å². The first-order valence-corrected chi connectivity index (χ1v) is 6.11. The second-order valence-electron chi connectivity index (χ2n) is 3.96. The van der Waals surface area contributed by atoms with Crippen molar-refractivity contribution in [2.24, 2.45) is 10.7 Å². The zero-order valence-corrected chi connectivity index (χ0v) is 11.5. The van der Waals surface area contributed by atoms with Crippen LogP contribution in [-0.2, 0) is 4.79 Å². The molecule has 0 radical (unpaired) electrons. The lowest BCUT2D eigenvalue weighted by Crippen LogP contribution is -2.29. The van der Waals surface area contributed by atoms with Gasteiger partial charge in [-0.25, -0.2) is 4.99 Å². The monoisotopic (exact) mass is 316 g/mol. The third kappa shape index (κ3) is 6.64. The summed E-state index contributed by atoms with van der Waals surface area (Å²) < 4.78 is 40.6. The molecule has 0 spiro atoms. The molecule has 120 valence electrons. The number of guanidine groups is 1. The van der Waals surface area contributed by atoms with E-state index in [1.807, 2.05) is 0 Å². The van der Waals surface area contributed by atoms with Crippen molar-refractivity contribution in [3.63, 3.8) is 0 Å². The summed E-state index contributed by atoms with van der Waals surface area (Å²) in [6.07, 6.45) is -3.33. The maximum absolute atomic E-state index is 12.3. The number of rotatable bonds is 6. The molecule has 0 bridgehead atoms. The maximum atomic E-state index is 12.3. The number of ether oxygens (including phenoxy) is 1. The molecular weight excluding hydrogens is 301 g/mol. The van der Waals surface area contributed by atoms with Gasteiger partial charge in [0, 0.05) is 6.54 Å². The first-order valence-electron chi connectivity index (χ1n) is 6.11. The minimum Gasteiger partial charge on any atom is -0.404 e. The number of amides is 1. The number of hydrogen-bond donors (Lipinski definition) is 3. The van der Waals surface area contributed by atoms with Crippen LogP contribution in [0.3, 0.4) is 0 Å². The number of alkyl halides is 3. The highest BCUT2D eigenvalue weighted by Gasteiger charge is 2.32. The molecule has 1 rings (SSSR count). The molecule has 4 N–H and O–H groups in total. The molecule has 1 aromatic rings. The van der Waals surface area contributed by atoms with Gasteiger partial charge in [0.15, 0.2) is 11.7 Å². The average Bonchev–Trinajstić information content (AvgIpc) is 2.43. The van der Waals surface area contributed by atoms with Gasteiger partial charge in [-0.3, -0.25) is 4.79 Å². The van der Waals surface area contributed by atoms with Gasteiger partial charge in [0.2, 0.25) is 5.91 Å². The Morgan fingerprint density at radius 1 is 1.41 bits per heavy atom. The van der Waals surface area contributed by atoms with E-state index in [1.54, 1.807) is 0 Å². The van der Waals surface area contributed by atoms with E-state index < -0.39 is 18.0 Å². The van der Waals surface area contributed by atoms with Crippen LogP contribution in [0, 0.1) is 0 Å². The maximum Gasteiger partial charge on any atom is 0.573 e. The van der Waals surface area contributed by atoms with Crippen LogP contribution in [-0.4, -0.2) is 31.3 Å². The molecule has 0 saturated carbocycles. The molecule has 0 aliphatic heterocycles. The first-order chi connectivity index (χ1) is 10.3. The number of anilines is 1. The summed E-state index contributed by atoms with van der Waals surface area (Å²) in [4.78, 5) is 15.0. The topological polar surface area (TPSA) is 88.7 Å². The predicted octanol–water partition coefficient (Wildman–Crippen LogP) is 1.61. The first kappa shape index (κ1) is 17.3. The highest BCUT2D eigenvalue weighted by molar-refractivity contribution is 5.95. The van der Waals surface area contributed by atoms with Crippen LogP contribution in [0.25, 0.3) is 0 Å². The third-order valence-corrected chi connectivity index (χ3v) is 2.21. The number of hydrogen-bond acceptors (Lipinski definition) is 3. The van der Waals surface area contributed by atoms with E-state index in [9.17, 15) is 18.0 Å². The highest BCUT2D eigenvalue weighted by atomic mass is 19.4. The molecular formula is C13H15F3N4O2. The lowest BCUT2D eigenvalue weighted by molar-refractivity contribution is -0.274. The molecule has 0 fully saturated rings. The summed E-state index contributed by atoms with van der Waals surface area (Å²) >= 11 is 0. The summed E-state index contributed by atoms with van der Waals surface area (Å²) in [5.74, 6) is -1.07. The van der Waals surface area contributed by atoms with Gasteiger partial charge in [0.25, 0.3) is 0 Å². The van der Waals surface area contributed by atoms with E-state index in [0.29, 0.717) is 0 Å². The zero-order valence-electron chi connectivity index (χ0n) is 11.5. The second-order valence-corrected chi connectivity index (χ2v) is 3.96. The van der Waals surface area contributed by atoms with Gasteiger partial charge in [-0.15, -0.1) is 19.8 Å². The van der Waals surface area contributed by atoms with Gasteiger partial charge in [0.05, 0.1) is 5.69 Å². The number of halogens is 3. The number of aliphatic imine (C=N–C) groups is 1. The van der Waals surface area contributed by atoms with Crippen molar-refractivity contribution in [1.29, 1.82) is 0 Å². The van der Waals surface area contributed by atoms with E-state index >= 15 is 0 Å². The lowest BCUT2D eigenvalue weighted by Gasteiger charge is -2.14. The van der Waals surface area contributed by atoms with E-state index in [1.165, 1.54) is 24.3 Å². The molecule has 1 amide bonds. The van der Waals surface area contributed by atoms with E-state index in [0.717, 1.165) is 6.07 Å². The minimum absolute atomic E-state index is 0.0208. The largest absolute Gasteiger partial charge is 0.573 e. The fourth-order valence-electron chi connectivity index (χ4n) is 1.36. The predicted molar refractivity (Wildman–Crippen MR) is 76.4 cm³/mol. The fourth-order valence-corrected chi connectivity index (χ4v) is 1.36. The van der Waals surface area contributed by atoms with Crippen molar-refractivity contribution < 1.29 is 22.7 Å². The van der Waals surface area contributed by atoms with Gasteiger partial charge in [-0.05, 0) is 12.1 Å². The molecule has 0 atom stereocenters. The Bertz CT molecular complexity index is 558. The summed E-state index contributed by atoms with van der Waals surface area (Å²) in [6.45, 7) is 3.44. The third-order valence-electron chi connectivity index (χ3n) is 2.21. The minimum atomic E-state index is -4.83. The van der Waals surface area contributed by atoms with Crippen LogP contribution >= 0.6 is 0 Å². The number of nitrogens with one attached hydrogen (secondary N) is 2. The van der Waals surface area contributed by atoms with Crippen LogP contribution in [0.4, 0.5) is 18.9 Å². The van der Waals surface area contributed by atoms with Crippen LogP contribution < -0.4 is 21.1 Å². The number of carbonyl (C=O) groups is 1. The summed E-state index contributed by atoms with van der Waals surface area (Å²) in [5, 5.41) is 4.92. The molecule has 0 saturated heterocycles. The number of carbonyl (C=O) groups excluding carboxylic acids is 1. The molecule has 0 aliphatic rings. The van der Waals surface area contributed by atoms with Crippen molar-refractivity contribution in [3.05, 3.63) is 36.9 Å². The molecule has 0 aromatic heterocycles. The van der Waals surface area contributed by atoms with Gasteiger partial charge < -0.3 is 21.1 Å². The van der Waals surface area contributed by atoms with Crippen LogP contribution in [0.15, 0.2) is 41.9 Å². The number of nitrogens with two attached hydrogens (primary N) is 1. The Morgan fingerprint density at radius 3 is 2.73 bits per heavy atom. The van der Waals surface area contributed by atoms with Crippen LogP contribution in [0.1, 0.15) is 0 Å². The van der Waals surface area contributed by atoms with Crippen LogP contribution in [0.2, 0.25) is 0 Å². The SMILES string of the molecule is C=CCNC(=O)CN=C(N)Nc1ccccc1OC(F)(F)F. The quantitative estimate of drug-likeness (QED) is 0.423. The molecule has 22 heavy (non-hydrogen) atoms. The van der Waals surface area contributed by atoms with Crippen molar-refractivity contribution >= 4 is 17.6 Å². The number of para-hydroxylation sites is 2. The molecule has 0 heterocycles. The Balaban J connectivity index is 2.69. The van der Waals surface area contributed by atoms with E-state index in [2.05, 4.69) is 26.9 Å².